The fourth-order valence-corrected chi connectivity index (χ4v) is 2.22. The number of alkyl halides is 1. The SMILES string of the molecule is O=C1NCc2c(Br)cc(CCl)cc21. The lowest BCUT2D eigenvalue weighted by atomic mass is 10.1. The molecule has 1 aliphatic rings. The second kappa shape index (κ2) is 3.31. The quantitative estimate of drug-likeness (QED) is 0.772. The van der Waals surface area contributed by atoms with Crippen molar-refractivity contribution in [3.63, 3.8) is 0 Å². The molecule has 1 aromatic rings. The van der Waals surface area contributed by atoms with Crippen LogP contribution in [0.15, 0.2) is 16.6 Å². The van der Waals surface area contributed by atoms with Gasteiger partial charge >= 0.3 is 0 Å². The molecule has 0 aliphatic carbocycles. The second-order valence-corrected chi connectivity index (χ2v) is 4.04. The van der Waals surface area contributed by atoms with Crippen molar-refractivity contribution >= 4 is 33.4 Å². The van der Waals surface area contributed by atoms with E-state index in [-0.39, 0.29) is 5.91 Å². The van der Waals surface area contributed by atoms with Gasteiger partial charge in [0.25, 0.3) is 5.91 Å². The molecule has 0 radical (unpaired) electrons. The highest BCUT2D eigenvalue weighted by molar-refractivity contribution is 9.10. The van der Waals surface area contributed by atoms with E-state index >= 15 is 0 Å². The summed E-state index contributed by atoms with van der Waals surface area (Å²) in [5.74, 6) is 0.418. The fourth-order valence-electron chi connectivity index (χ4n) is 1.42. The molecule has 2 rings (SSSR count). The molecule has 0 fully saturated rings. The normalized spacial score (nSPS) is 14.2. The fraction of sp³-hybridized carbons (Fsp3) is 0.222. The van der Waals surface area contributed by atoms with Crippen LogP contribution in [-0.2, 0) is 12.4 Å². The largest absolute Gasteiger partial charge is 0.348 e. The van der Waals surface area contributed by atoms with Gasteiger partial charge in [-0.1, -0.05) is 15.9 Å². The highest BCUT2D eigenvalue weighted by atomic mass is 79.9. The van der Waals surface area contributed by atoms with Gasteiger partial charge in [0.15, 0.2) is 0 Å². The van der Waals surface area contributed by atoms with Crippen molar-refractivity contribution < 1.29 is 4.79 Å². The van der Waals surface area contributed by atoms with Crippen LogP contribution in [-0.4, -0.2) is 5.91 Å². The zero-order valence-corrected chi connectivity index (χ0v) is 9.08. The van der Waals surface area contributed by atoms with Gasteiger partial charge in [0.05, 0.1) is 0 Å². The average molecular weight is 261 g/mol. The first-order valence-corrected chi connectivity index (χ1v) is 5.20. The van der Waals surface area contributed by atoms with Crippen LogP contribution in [0.3, 0.4) is 0 Å². The zero-order chi connectivity index (χ0) is 9.42. The molecular formula is C9H7BrClNO. The van der Waals surface area contributed by atoms with Gasteiger partial charge in [0, 0.05) is 22.5 Å². The first-order chi connectivity index (χ1) is 6.22. The number of fused-ring (bicyclic) bond motifs is 1. The van der Waals surface area contributed by atoms with E-state index in [1.54, 1.807) is 0 Å². The Bertz CT molecular complexity index is 378. The summed E-state index contributed by atoms with van der Waals surface area (Å²) in [5.41, 5.74) is 2.73. The van der Waals surface area contributed by atoms with Crippen molar-refractivity contribution in [3.05, 3.63) is 33.3 Å². The Morgan fingerprint density at radius 2 is 2.31 bits per heavy atom. The summed E-state index contributed by atoms with van der Waals surface area (Å²) >= 11 is 9.11. The summed E-state index contributed by atoms with van der Waals surface area (Å²) in [6.45, 7) is 0.608. The molecule has 0 atom stereocenters. The van der Waals surface area contributed by atoms with Gasteiger partial charge in [0.1, 0.15) is 0 Å². The van der Waals surface area contributed by atoms with Crippen LogP contribution in [0, 0.1) is 0 Å². The van der Waals surface area contributed by atoms with Crippen LogP contribution < -0.4 is 5.32 Å². The summed E-state index contributed by atoms with van der Waals surface area (Å²) in [6, 6.07) is 3.79. The lowest BCUT2D eigenvalue weighted by Crippen LogP contribution is -2.12. The van der Waals surface area contributed by atoms with Crippen LogP contribution in [0.4, 0.5) is 0 Å². The first kappa shape index (κ1) is 9.03. The number of benzene rings is 1. The zero-order valence-electron chi connectivity index (χ0n) is 6.73. The molecule has 0 spiro atoms. The predicted octanol–water partition coefficient (Wildman–Crippen LogP) is 2.43. The topological polar surface area (TPSA) is 29.1 Å². The number of nitrogens with one attached hydrogen (secondary N) is 1. The number of carbonyl (C=O) groups is 1. The molecule has 1 amide bonds. The lowest BCUT2D eigenvalue weighted by molar-refractivity contribution is 0.0965. The number of hydrogen-bond acceptors (Lipinski definition) is 1. The van der Waals surface area contributed by atoms with E-state index < -0.39 is 0 Å². The van der Waals surface area contributed by atoms with Gasteiger partial charge in [-0.2, -0.15) is 0 Å². The maximum Gasteiger partial charge on any atom is 0.251 e. The monoisotopic (exact) mass is 259 g/mol. The summed E-state index contributed by atoms with van der Waals surface area (Å²) in [5, 5.41) is 2.77. The van der Waals surface area contributed by atoms with E-state index in [0.29, 0.717) is 12.4 Å². The standard InChI is InChI=1S/C9H7BrClNO/c10-8-2-5(3-11)1-6-7(8)4-12-9(6)13/h1-2H,3-4H2,(H,12,13). The van der Waals surface area contributed by atoms with Gasteiger partial charge in [-0.25, -0.2) is 0 Å². The van der Waals surface area contributed by atoms with Gasteiger partial charge in [-0.15, -0.1) is 11.6 Å². The molecule has 1 aliphatic heterocycles. The summed E-state index contributed by atoms with van der Waals surface area (Å²) in [7, 11) is 0. The number of amides is 1. The van der Waals surface area contributed by atoms with Crippen molar-refractivity contribution in [3.8, 4) is 0 Å². The highest BCUT2D eigenvalue weighted by Crippen LogP contribution is 2.27. The van der Waals surface area contributed by atoms with Crippen molar-refractivity contribution in [2.45, 2.75) is 12.4 Å². The Labute approximate surface area is 89.4 Å². The van der Waals surface area contributed by atoms with E-state index in [0.717, 1.165) is 21.2 Å². The molecule has 0 saturated heterocycles. The van der Waals surface area contributed by atoms with E-state index in [2.05, 4.69) is 21.2 Å². The molecule has 2 nitrogen and oxygen atoms in total. The number of halogens is 2. The molecule has 0 unspecified atom stereocenters. The number of rotatable bonds is 1. The van der Waals surface area contributed by atoms with E-state index in [9.17, 15) is 4.79 Å². The van der Waals surface area contributed by atoms with Crippen molar-refractivity contribution in [2.24, 2.45) is 0 Å². The molecule has 4 heteroatoms. The number of carbonyl (C=O) groups excluding carboxylic acids is 1. The smallest absolute Gasteiger partial charge is 0.251 e. The Kier molecular flexibility index (Phi) is 2.30. The van der Waals surface area contributed by atoms with Gasteiger partial charge in [-0.3, -0.25) is 4.79 Å². The molecule has 0 saturated carbocycles. The second-order valence-electron chi connectivity index (χ2n) is 2.92. The van der Waals surface area contributed by atoms with Crippen molar-refractivity contribution in [1.82, 2.24) is 5.32 Å². The van der Waals surface area contributed by atoms with Crippen LogP contribution in [0.5, 0.6) is 0 Å². The summed E-state index contributed by atoms with van der Waals surface area (Å²) in [6.07, 6.45) is 0. The molecule has 1 N–H and O–H groups in total. The summed E-state index contributed by atoms with van der Waals surface area (Å²) in [4.78, 5) is 11.3. The van der Waals surface area contributed by atoms with E-state index in [1.165, 1.54) is 0 Å². The molecule has 0 bridgehead atoms. The maximum absolute atomic E-state index is 11.3. The predicted molar refractivity (Wildman–Crippen MR) is 54.9 cm³/mol. The highest BCUT2D eigenvalue weighted by Gasteiger charge is 2.21. The van der Waals surface area contributed by atoms with Crippen LogP contribution in [0.25, 0.3) is 0 Å². The molecule has 68 valence electrons. The van der Waals surface area contributed by atoms with Gasteiger partial charge in [0.2, 0.25) is 0 Å². The van der Waals surface area contributed by atoms with Gasteiger partial charge < -0.3 is 5.32 Å². The van der Waals surface area contributed by atoms with Crippen LogP contribution >= 0.6 is 27.5 Å². The van der Waals surface area contributed by atoms with Gasteiger partial charge in [-0.05, 0) is 23.3 Å². The average Bonchev–Trinajstić information content (AvgIpc) is 2.48. The summed E-state index contributed by atoms with van der Waals surface area (Å²) < 4.78 is 0.957. The third-order valence-corrected chi connectivity index (χ3v) is 3.10. The molecular weight excluding hydrogens is 253 g/mol. The van der Waals surface area contributed by atoms with E-state index in [4.69, 9.17) is 11.6 Å². The Balaban J connectivity index is 2.60. The minimum Gasteiger partial charge on any atom is -0.348 e. The minimum atomic E-state index is -0.0114. The minimum absolute atomic E-state index is 0.0114. The van der Waals surface area contributed by atoms with E-state index in [1.807, 2.05) is 12.1 Å². The molecule has 1 aromatic carbocycles. The van der Waals surface area contributed by atoms with Crippen molar-refractivity contribution in [1.29, 1.82) is 0 Å². The number of hydrogen-bond donors (Lipinski definition) is 1. The molecule has 0 aromatic heterocycles. The Morgan fingerprint density at radius 1 is 1.54 bits per heavy atom. The molecule has 1 heterocycles. The molecule has 13 heavy (non-hydrogen) atoms. The van der Waals surface area contributed by atoms with Crippen LogP contribution in [0.1, 0.15) is 21.5 Å². The first-order valence-electron chi connectivity index (χ1n) is 3.88. The maximum atomic E-state index is 11.3. The van der Waals surface area contributed by atoms with Crippen molar-refractivity contribution in [2.75, 3.05) is 0 Å². The third-order valence-electron chi connectivity index (χ3n) is 2.08. The third kappa shape index (κ3) is 1.46. The van der Waals surface area contributed by atoms with Crippen LogP contribution in [0.2, 0.25) is 0 Å². The lowest BCUT2D eigenvalue weighted by Gasteiger charge is -2.02. The Hall–Kier alpha value is -0.540. The Morgan fingerprint density at radius 3 is 3.00 bits per heavy atom.